The molecule has 0 aliphatic carbocycles. The van der Waals surface area contributed by atoms with E-state index in [0.29, 0.717) is 18.0 Å². The molecular formula is C18H18ClN3O2S. The van der Waals surface area contributed by atoms with Gasteiger partial charge in [-0.1, -0.05) is 19.9 Å². The van der Waals surface area contributed by atoms with E-state index >= 15 is 0 Å². The first-order chi connectivity index (χ1) is 12.1. The Hall–Kier alpha value is -2.18. The van der Waals surface area contributed by atoms with Crippen molar-refractivity contribution in [1.82, 2.24) is 9.97 Å². The van der Waals surface area contributed by atoms with Crippen LogP contribution in [0.4, 0.5) is 11.5 Å². The number of benzene rings is 1. The third-order valence-electron chi connectivity index (χ3n) is 3.56. The number of aromatic nitrogens is 2. The maximum absolute atomic E-state index is 12.0. The van der Waals surface area contributed by atoms with Gasteiger partial charge in [0.1, 0.15) is 10.6 Å². The highest BCUT2D eigenvalue weighted by atomic mass is 35.5. The Morgan fingerprint density at radius 1 is 1.28 bits per heavy atom. The van der Waals surface area contributed by atoms with E-state index in [1.165, 1.54) is 4.88 Å². The van der Waals surface area contributed by atoms with Crippen molar-refractivity contribution in [3.63, 3.8) is 0 Å². The zero-order chi connectivity index (χ0) is 17.8. The van der Waals surface area contributed by atoms with Crippen LogP contribution in [-0.4, -0.2) is 22.5 Å². The lowest BCUT2D eigenvalue weighted by Crippen LogP contribution is -2.06. The number of hydrogen-bond donors (Lipinski definition) is 1. The summed E-state index contributed by atoms with van der Waals surface area (Å²) in [5, 5.41) is 4.35. The van der Waals surface area contributed by atoms with E-state index in [-0.39, 0.29) is 11.3 Å². The van der Waals surface area contributed by atoms with Gasteiger partial charge in [-0.3, -0.25) is 0 Å². The van der Waals surface area contributed by atoms with Gasteiger partial charge in [0.25, 0.3) is 0 Å². The number of carbonyl (C=O) groups is 1. The number of esters is 1. The molecule has 130 valence electrons. The molecule has 25 heavy (non-hydrogen) atoms. The lowest BCUT2D eigenvalue weighted by molar-refractivity contribution is 0.0505. The number of ether oxygens (including phenoxy) is 1. The first-order valence-corrected chi connectivity index (χ1v) is 9.30. The van der Waals surface area contributed by atoms with Gasteiger partial charge in [-0.25, -0.2) is 9.78 Å². The number of rotatable bonds is 6. The molecule has 1 N–H and O–H groups in total. The van der Waals surface area contributed by atoms with Gasteiger partial charge in [0.15, 0.2) is 0 Å². The van der Waals surface area contributed by atoms with Crippen LogP contribution in [-0.2, 0) is 11.2 Å². The van der Waals surface area contributed by atoms with Gasteiger partial charge in [-0.2, -0.15) is 4.98 Å². The third kappa shape index (κ3) is 4.08. The molecule has 0 aliphatic heterocycles. The molecule has 0 aliphatic rings. The molecule has 1 aromatic carbocycles. The summed E-state index contributed by atoms with van der Waals surface area (Å²) in [6, 6.07) is 9.21. The molecule has 3 rings (SSSR count). The normalized spacial score (nSPS) is 10.8. The number of fused-ring (bicyclic) bond motifs is 1. The number of halogens is 1. The molecule has 0 radical (unpaired) electrons. The fourth-order valence-corrected chi connectivity index (χ4v) is 3.54. The summed E-state index contributed by atoms with van der Waals surface area (Å²) in [6.07, 6.45) is 1.72. The fraction of sp³-hybridized carbons (Fsp3) is 0.278. The average molecular weight is 376 g/mol. The molecular weight excluding hydrogens is 358 g/mol. The summed E-state index contributed by atoms with van der Waals surface area (Å²) in [5.74, 6) is 0.296. The van der Waals surface area contributed by atoms with Gasteiger partial charge in [-0.05, 0) is 48.7 Å². The van der Waals surface area contributed by atoms with Crippen molar-refractivity contribution in [3.8, 4) is 0 Å². The Bertz CT molecular complexity index is 910. The van der Waals surface area contributed by atoms with Crippen LogP contribution in [0, 0.1) is 0 Å². The Morgan fingerprint density at radius 3 is 2.88 bits per heavy atom. The number of hydrogen-bond acceptors (Lipinski definition) is 6. The molecule has 0 spiro atoms. The highest BCUT2D eigenvalue weighted by molar-refractivity contribution is 7.18. The van der Waals surface area contributed by atoms with Gasteiger partial charge < -0.3 is 10.1 Å². The second-order valence-electron chi connectivity index (χ2n) is 5.47. The molecule has 0 saturated heterocycles. The molecule has 0 atom stereocenters. The minimum atomic E-state index is -0.333. The van der Waals surface area contributed by atoms with E-state index in [2.05, 4.69) is 28.3 Å². The van der Waals surface area contributed by atoms with Crippen molar-refractivity contribution in [2.45, 2.75) is 26.7 Å². The van der Waals surface area contributed by atoms with E-state index in [4.69, 9.17) is 16.3 Å². The van der Waals surface area contributed by atoms with Crippen molar-refractivity contribution in [3.05, 3.63) is 46.1 Å². The van der Waals surface area contributed by atoms with E-state index in [9.17, 15) is 4.79 Å². The minimum Gasteiger partial charge on any atom is -0.462 e. The van der Waals surface area contributed by atoms with Gasteiger partial charge >= 0.3 is 5.97 Å². The minimum absolute atomic E-state index is 0.193. The number of nitrogens with zero attached hydrogens (tertiary/aromatic N) is 2. The zero-order valence-corrected chi connectivity index (χ0v) is 15.6. The number of thiophene rings is 1. The molecule has 0 unspecified atom stereocenters. The van der Waals surface area contributed by atoms with Crippen LogP contribution in [0.5, 0.6) is 0 Å². The quantitative estimate of drug-likeness (QED) is 0.472. The van der Waals surface area contributed by atoms with Crippen LogP contribution in [0.15, 0.2) is 30.3 Å². The maximum Gasteiger partial charge on any atom is 0.338 e. The number of aryl methyl sites for hydroxylation is 1. The monoisotopic (exact) mass is 375 g/mol. The van der Waals surface area contributed by atoms with Crippen LogP contribution < -0.4 is 5.32 Å². The lowest BCUT2D eigenvalue weighted by Gasteiger charge is -2.09. The van der Waals surface area contributed by atoms with Crippen LogP contribution in [0.1, 0.15) is 35.5 Å². The first kappa shape index (κ1) is 17.6. The number of carbonyl (C=O) groups excluding carboxylic acids is 1. The van der Waals surface area contributed by atoms with Crippen molar-refractivity contribution in [1.29, 1.82) is 0 Å². The molecule has 3 aromatic rings. The summed E-state index contributed by atoms with van der Waals surface area (Å²) < 4.78 is 5.18. The molecule has 0 fully saturated rings. The number of anilines is 2. The molecule has 2 heterocycles. The van der Waals surface area contributed by atoms with Crippen LogP contribution >= 0.6 is 22.9 Å². The number of nitrogens with one attached hydrogen (secondary N) is 1. The molecule has 7 heteroatoms. The molecule has 0 bridgehead atoms. The summed E-state index contributed by atoms with van der Waals surface area (Å²) >= 11 is 7.66. The highest BCUT2D eigenvalue weighted by Gasteiger charge is 2.12. The average Bonchev–Trinajstić information content (AvgIpc) is 3.03. The SMILES string of the molecule is CCCOC(=O)c1cccc(Nc2nc(Cl)nc3sc(CC)cc23)c1. The zero-order valence-electron chi connectivity index (χ0n) is 14.0. The topological polar surface area (TPSA) is 64.1 Å². The molecule has 0 saturated carbocycles. The van der Waals surface area contributed by atoms with Crippen LogP contribution in [0.25, 0.3) is 10.2 Å². The second kappa shape index (κ2) is 7.80. The van der Waals surface area contributed by atoms with Crippen molar-refractivity contribution < 1.29 is 9.53 Å². The standard InChI is InChI=1S/C18H18ClN3O2S/c1-3-8-24-17(23)11-6-5-7-12(9-11)20-15-14-10-13(4-2)25-16(14)22-18(19)21-15/h5-7,9-10H,3-4,8H2,1-2H3,(H,20,21,22). The van der Waals surface area contributed by atoms with Gasteiger partial charge in [0, 0.05) is 10.6 Å². The van der Waals surface area contributed by atoms with Gasteiger partial charge in [0.05, 0.1) is 17.6 Å². The Kier molecular flexibility index (Phi) is 5.50. The van der Waals surface area contributed by atoms with E-state index in [1.807, 2.05) is 13.0 Å². The molecule has 0 amide bonds. The second-order valence-corrected chi connectivity index (χ2v) is 6.92. The van der Waals surface area contributed by atoms with Gasteiger partial charge in [-0.15, -0.1) is 11.3 Å². The summed E-state index contributed by atoms with van der Waals surface area (Å²) in [6.45, 7) is 4.46. The molecule has 5 nitrogen and oxygen atoms in total. The predicted molar refractivity (Wildman–Crippen MR) is 102 cm³/mol. The van der Waals surface area contributed by atoms with E-state index in [0.717, 1.165) is 28.7 Å². The first-order valence-electron chi connectivity index (χ1n) is 8.11. The Morgan fingerprint density at radius 2 is 2.12 bits per heavy atom. The fourth-order valence-electron chi connectivity index (χ4n) is 2.35. The predicted octanol–water partition coefficient (Wildman–Crippen LogP) is 5.22. The molecule has 2 aromatic heterocycles. The van der Waals surface area contributed by atoms with Crippen LogP contribution in [0.3, 0.4) is 0 Å². The smallest absolute Gasteiger partial charge is 0.338 e. The van der Waals surface area contributed by atoms with Crippen molar-refractivity contribution in [2.24, 2.45) is 0 Å². The third-order valence-corrected chi connectivity index (χ3v) is 4.91. The summed E-state index contributed by atoms with van der Waals surface area (Å²) in [4.78, 5) is 22.7. The Labute approximate surface area is 155 Å². The maximum atomic E-state index is 12.0. The van der Waals surface area contributed by atoms with Crippen molar-refractivity contribution >= 4 is 50.6 Å². The summed E-state index contributed by atoms with van der Waals surface area (Å²) in [7, 11) is 0. The Balaban J connectivity index is 1.91. The van der Waals surface area contributed by atoms with Gasteiger partial charge in [0.2, 0.25) is 5.28 Å². The van der Waals surface area contributed by atoms with E-state index < -0.39 is 0 Å². The largest absolute Gasteiger partial charge is 0.462 e. The summed E-state index contributed by atoms with van der Waals surface area (Å²) in [5.41, 5.74) is 1.24. The van der Waals surface area contributed by atoms with E-state index in [1.54, 1.807) is 29.5 Å². The van der Waals surface area contributed by atoms with Crippen molar-refractivity contribution in [2.75, 3.05) is 11.9 Å². The lowest BCUT2D eigenvalue weighted by atomic mass is 10.2. The highest BCUT2D eigenvalue weighted by Crippen LogP contribution is 2.32. The van der Waals surface area contributed by atoms with Crippen LogP contribution in [0.2, 0.25) is 5.28 Å².